The first-order chi connectivity index (χ1) is 11.8. The number of aliphatic hydroxyl groups is 1. The van der Waals surface area contributed by atoms with E-state index in [1.165, 1.54) is 10.9 Å². The van der Waals surface area contributed by atoms with Gasteiger partial charge in [-0.1, -0.05) is 18.2 Å². The van der Waals surface area contributed by atoms with Crippen LogP contribution in [-0.2, 0) is 15.9 Å². The van der Waals surface area contributed by atoms with Gasteiger partial charge in [-0.2, -0.15) is 0 Å². The molecule has 0 radical (unpaired) electrons. The van der Waals surface area contributed by atoms with Crippen molar-refractivity contribution in [2.75, 3.05) is 46.6 Å². The molecule has 0 amide bonds. The Morgan fingerprint density at radius 2 is 2.04 bits per heavy atom. The van der Waals surface area contributed by atoms with Crippen molar-refractivity contribution in [3.8, 4) is 0 Å². The minimum absolute atomic E-state index is 0.259. The maximum atomic E-state index is 10.4. The van der Waals surface area contributed by atoms with Gasteiger partial charge in [0.1, 0.15) is 0 Å². The highest BCUT2D eigenvalue weighted by atomic mass is 16.5. The molecule has 1 aromatic heterocycles. The van der Waals surface area contributed by atoms with Crippen LogP contribution in [0.3, 0.4) is 0 Å². The van der Waals surface area contributed by atoms with Gasteiger partial charge in [-0.05, 0) is 24.1 Å². The lowest BCUT2D eigenvalue weighted by atomic mass is 9.94. The maximum absolute atomic E-state index is 10.4. The number of ether oxygens (including phenoxy) is 2. The Balaban J connectivity index is 1.55. The SMILES string of the molecule is COCCOCCN1C[C@@H](Cc2ccnc3ccccc23)[C@@H](O)C1. The van der Waals surface area contributed by atoms with Crippen molar-refractivity contribution < 1.29 is 14.6 Å². The second kappa shape index (κ2) is 8.53. The molecule has 0 aliphatic carbocycles. The Kier molecular flexibility index (Phi) is 6.15. The van der Waals surface area contributed by atoms with Crippen LogP contribution >= 0.6 is 0 Å². The van der Waals surface area contributed by atoms with Crippen LogP contribution in [0.1, 0.15) is 5.56 Å². The molecule has 1 aliphatic rings. The molecule has 0 saturated carbocycles. The Morgan fingerprint density at radius 3 is 2.92 bits per heavy atom. The zero-order chi connectivity index (χ0) is 16.8. The van der Waals surface area contributed by atoms with Crippen LogP contribution in [-0.4, -0.2) is 67.7 Å². The molecule has 2 atom stereocenters. The normalized spacial score (nSPS) is 21.6. The van der Waals surface area contributed by atoms with Gasteiger partial charge >= 0.3 is 0 Å². The number of likely N-dealkylation sites (tertiary alicyclic amines) is 1. The number of pyridine rings is 1. The van der Waals surface area contributed by atoms with Gasteiger partial charge < -0.3 is 14.6 Å². The van der Waals surface area contributed by atoms with E-state index in [2.05, 4.69) is 22.0 Å². The number of β-amino-alcohol motifs (C(OH)–C–C–N with tert-alkyl or cyclic N) is 1. The van der Waals surface area contributed by atoms with E-state index in [-0.39, 0.29) is 12.0 Å². The minimum atomic E-state index is -0.282. The molecule has 1 aliphatic heterocycles. The molecule has 3 rings (SSSR count). The quantitative estimate of drug-likeness (QED) is 0.747. The Morgan fingerprint density at radius 1 is 1.17 bits per heavy atom. The molecule has 1 aromatic carbocycles. The molecule has 1 N–H and O–H groups in total. The lowest BCUT2D eigenvalue weighted by molar-refractivity contribution is 0.0584. The average molecular weight is 330 g/mol. The fraction of sp³-hybridized carbons (Fsp3) is 0.526. The van der Waals surface area contributed by atoms with Crippen molar-refractivity contribution in [1.29, 1.82) is 0 Å². The van der Waals surface area contributed by atoms with Crippen LogP contribution in [0.15, 0.2) is 36.5 Å². The smallest absolute Gasteiger partial charge is 0.0710 e. The van der Waals surface area contributed by atoms with E-state index in [0.29, 0.717) is 19.8 Å². The van der Waals surface area contributed by atoms with Crippen LogP contribution in [0.2, 0.25) is 0 Å². The summed E-state index contributed by atoms with van der Waals surface area (Å²) in [6.45, 7) is 4.42. The van der Waals surface area contributed by atoms with Crippen molar-refractivity contribution in [3.05, 3.63) is 42.1 Å². The summed E-state index contributed by atoms with van der Waals surface area (Å²) in [5, 5.41) is 11.6. The number of rotatable bonds is 8. The standard InChI is InChI=1S/C19H26N2O3/c1-23-10-11-24-9-8-21-13-16(19(22)14-21)12-15-6-7-20-18-5-3-2-4-17(15)18/h2-7,16,19,22H,8-14H2,1H3/t16-,19+/m1/s1. The second-order valence-corrected chi connectivity index (χ2v) is 6.38. The second-order valence-electron chi connectivity index (χ2n) is 6.38. The lowest BCUT2D eigenvalue weighted by Crippen LogP contribution is -2.26. The molecule has 24 heavy (non-hydrogen) atoms. The van der Waals surface area contributed by atoms with E-state index in [9.17, 15) is 5.11 Å². The summed E-state index contributed by atoms with van der Waals surface area (Å²) in [5.74, 6) is 0.259. The number of hydrogen-bond acceptors (Lipinski definition) is 5. The molecule has 5 nitrogen and oxygen atoms in total. The molecular weight excluding hydrogens is 304 g/mol. The summed E-state index contributed by atoms with van der Waals surface area (Å²) in [5.41, 5.74) is 2.29. The van der Waals surface area contributed by atoms with E-state index in [1.807, 2.05) is 24.4 Å². The minimum Gasteiger partial charge on any atom is -0.391 e. The van der Waals surface area contributed by atoms with Crippen molar-refractivity contribution in [2.45, 2.75) is 12.5 Å². The lowest BCUT2D eigenvalue weighted by Gasteiger charge is -2.16. The zero-order valence-electron chi connectivity index (χ0n) is 14.2. The van der Waals surface area contributed by atoms with Gasteiger partial charge in [0, 0.05) is 44.2 Å². The van der Waals surface area contributed by atoms with Crippen molar-refractivity contribution in [2.24, 2.45) is 5.92 Å². The first kappa shape index (κ1) is 17.3. The van der Waals surface area contributed by atoms with Gasteiger partial charge in [0.15, 0.2) is 0 Å². The Hall–Kier alpha value is -1.53. The molecular formula is C19H26N2O3. The summed E-state index contributed by atoms with van der Waals surface area (Å²) in [6.07, 6.45) is 2.46. The molecule has 1 saturated heterocycles. The molecule has 130 valence electrons. The third kappa shape index (κ3) is 4.30. The van der Waals surface area contributed by atoms with Crippen molar-refractivity contribution >= 4 is 10.9 Å². The third-order valence-electron chi connectivity index (χ3n) is 4.69. The largest absolute Gasteiger partial charge is 0.391 e. The van der Waals surface area contributed by atoms with Crippen molar-refractivity contribution in [1.82, 2.24) is 9.88 Å². The van der Waals surface area contributed by atoms with Crippen LogP contribution < -0.4 is 0 Å². The molecule has 1 fully saturated rings. The highest BCUT2D eigenvalue weighted by Crippen LogP contribution is 2.25. The molecule has 2 aromatic rings. The topological polar surface area (TPSA) is 54.8 Å². The van der Waals surface area contributed by atoms with Gasteiger partial charge in [-0.15, -0.1) is 0 Å². The first-order valence-corrected chi connectivity index (χ1v) is 8.57. The van der Waals surface area contributed by atoms with Gasteiger partial charge in [-0.3, -0.25) is 9.88 Å². The Bertz CT molecular complexity index is 644. The van der Waals surface area contributed by atoms with Crippen LogP contribution in [0.25, 0.3) is 10.9 Å². The molecule has 2 heterocycles. The molecule has 0 spiro atoms. The number of fused-ring (bicyclic) bond motifs is 1. The van der Waals surface area contributed by atoms with E-state index >= 15 is 0 Å². The fourth-order valence-corrected chi connectivity index (χ4v) is 3.38. The number of aliphatic hydroxyl groups excluding tert-OH is 1. The van der Waals surface area contributed by atoms with Gasteiger partial charge in [0.2, 0.25) is 0 Å². The zero-order valence-corrected chi connectivity index (χ0v) is 14.2. The summed E-state index contributed by atoms with van der Waals surface area (Å²) >= 11 is 0. The van der Waals surface area contributed by atoms with Crippen molar-refractivity contribution in [3.63, 3.8) is 0 Å². The predicted octanol–water partition coefficient (Wildman–Crippen LogP) is 1.73. The van der Waals surface area contributed by atoms with E-state index in [4.69, 9.17) is 9.47 Å². The fourth-order valence-electron chi connectivity index (χ4n) is 3.38. The highest BCUT2D eigenvalue weighted by molar-refractivity contribution is 5.81. The number of benzene rings is 1. The van der Waals surface area contributed by atoms with Crippen LogP contribution in [0, 0.1) is 5.92 Å². The number of nitrogens with zero attached hydrogens (tertiary/aromatic N) is 2. The van der Waals surface area contributed by atoms with Gasteiger partial charge in [0.05, 0.1) is 31.4 Å². The first-order valence-electron chi connectivity index (χ1n) is 8.57. The van der Waals surface area contributed by atoms with E-state index < -0.39 is 0 Å². The monoisotopic (exact) mass is 330 g/mol. The van der Waals surface area contributed by atoms with E-state index in [0.717, 1.165) is 31.6 Å². The number of para-hydroxylation sites is 1. The summed E-state index contributed by atoms with van der Waals surface area (Å²) in [4.78, 5) is 6.70. The number of hydrogen-bond donors (Lipinski definition) is 1. The van der Waals surface area contributed by atoms with Crippen LogP contribution in [0.5, 0.6) is 0 Å². The summed E-state index contributed by atoms with van der Waals surface area (Å²) in [7, 11) is 1.67. The molecule has 0 bridgehead atoms. The summed E-state index contributed by atoms with van der Waals surface area (Å²) in [6, 6.07) is 10.3. The molecule has 0 unspecified atom stereocenters. The maximum Gasteiger partial charge on any atom is 0.0710 e. The van der Waals surface area contributed by atoms with Gasteiger partial charge in [-0.25, -0.2) is 0 Å². The number of methoxy groups -OCH3 is 1. The predicted molar refractivity (Wildman–Crippen MR) is 94.1 cm³/mol. The number of aromatic nitrogens is 1. The highest BCUT2D eigenvalue weighted by Gasteiger charge is 2.31. The van der Waals surface area contributed by atoms with Crippen LogP contribution in [0.4, 0.5) is 0 Å². The molecule has 5 heteroatoms. The summed E-state index contributed by atoms with van der Waals surface area (Å²) < 4.78 is 10.5. The average Bonchev–Trinajstić information content (AvgIpc) is 2.95. The third-order valence-corrected chi connectivity index (χ3v) is 4.69. The van der Waals surface area contributed by atoms with Gasteiger partial charge in [0.25, 0.3) is 0 Å². The van der Waals surface area contributed by atoms with E-state index in [1.54, 1.807) is 7.11 Å². The Labute approximate surface area is 143 Å².